The smallest absolute Gasteiger partial charge is 0.234 e. The minimum atomic E-state index is 0.162. The molecule has 2 aliphatic heterocycles. The van der Waals surface area contributed by atoms with E-state index in [4.69, 9.17) is 10.5 Å². The van der Waals surface area contributed by atoms with Crippen LogP contribution in [0.15, 0.2) is 0 Å². The fourth-order valence-electron chi connectivity index (χ4n) is 2.85. The Morgan fingerprint density at radius 2 is 2.11 bits per heavy atom. The first-order chi connectivity index (χ1) is 8.78. The SMILES string of the molecule is NCCC1CCN(CC(=O)NC2CCOCC2)C1. The van der Waals surface area contributed by atoms with Crippen molar-refractivity contribution < 1.29 is 9.53 Å². The van der Waals surface area contributed by atoms with Crippen LogP contribution in [0, 0.1) is 5.92 Å². The summed E-state index contributed by atoms with van der Waals surface area (Å²) in [6.07, 6.45) is 4.16. The lowest BCUT2D eigenvalue weighted by molar-refractivity contribution is -0.123. The molecule has 1 unspecified atom stereocenters. The highest BCUT2D eigenvalue weighted by Crippen LogP contribution is 2.18. The highest BCUT2D eigenvalue weighted by Gasteiger charge is 2.24. The van der Waals surface area contributed by atoms with Gasteiger partial charge >= 0.3 is 0 Å². The maximum absolute atomic E-state index is 11.9. The Morgan fingerprint density at radius 3 is 2.83 bits per heavy atom. The van der Waals surface area contributed by atoms with Gasteiger partial charge in [0.2, 0.25) is 5.91 Å². The van der Waals surface area contributed by atoms with E-state index in [1.807, 2.05) is 0 Å². The summed E-state index contributed by atoms with van der Waals surface area (Å²) >= 11 is 0. The molecule has 0 aromatic rings. The van der Waals surface area contributed by atoms with Gasteiger partial charge in [-0.05, 0) is 44.7 Å². The molecule has 1 atom stereocenters. The van der Waals surface area contributed by atoms with Gasteiger partial charge in [-0.25, -0.2) is 0 Å². The van der Waals surface area contributed by atoms with E-state index in [1.54, 1.807) is 0 Å². The molecule has 2 saturated heterocycles. The summed E-state index contributed by atoms with van der Waals surface area (Å²) in [5.41, 5.74) is 5.57. The first-order valence-electron chi connectivity index (χ1n) is 7.07. The lowest BCUT2D eigenvalue weighted by atomic mass is 10.1. The van der Waals surface area contributed by atoms with Gasteiger partial charge in [-0.3, -0.25) is 9.69 Å². The third-order valence-corrected chi connectivity index (χ3v) is 3.90. The number of carbonyl (C=O) groups excluding carboxylic acids is 1. The van der Waals surface area contributed by atoms with Crippen LogP contribution in [-0.2, 0) is 9.53 Å². The number of nitrogens with one attached hydrogen (secondary N) is 1. The van der Waals surface area contributed by atoms with E-state index in [1.165, 1.54) is 6.42 Å². The molecule has 0 aliphatic carbocycles. The maximum atomic E-state index is 11.9. The Morgan fingerprint density at radius 1 is 1.33 bits per heavy atom. The van der Waals surface area contributed by atoms with Crippen molar-refractivity contribution in [3.63, 3.8) is 0 Å². The molecule has 104 valence electrons. The lowest BCUT2D eigenvalue weighted by Crippen LogP contribution is -2.43. The standard InChI is InChI=1S/C13H25N3O2/c14-5-1-11-2-6-16(9-11)10-13(17)15-12-3-7-18-8-4-12/h11-12H,1-10,14H2,(H,15,17). The molecule has 2 aliphatic rings. The first kappa shape index (κ1) is 13.8. The molecule has 0 radical (unpaired) electrons. The topological polar surface area (TPSA) is 67.6 Å². The Balaban J connectivity index is 1.65. The summed E-state index contributed by atoms with van der Waals surface area (Å²) in [6.45, 7) is 4.90. The third-order valence-electron chi connectivity index (χ3n) is 3.90. The number of nitrogens with zero attached hydrogens (tertiary/aromatic N) is 1. The van der Waals surface area contributed by atoms with Crippen LogP contribution in [0.3, 0.4) is 0 Å². The van der Waals surface area contributed by atoms with Gasteiger partial charge in [0.1, 0.15) is 0 Å². The van der Waals surface area contributed by atoms with Crippen molar-refractivity contribution in [3.8, 4) is 0 Å². The molecule has 18 heavy (non-hydrogen) atoms. The summed E-state index contributed by atoms with van der Waals surface area (Å²) in [4.78, 5) is 14.2. The maximum Gasteiger partial charge on any atom is 0.234 e. The molecule has 0 aromatic heterocycles. The van der Waals surface area contributed by atoms with Crippen molar-refractivity contribution >= 4 is 5.91 Å². The Bertz CT molecular complexity index is 267. The Hall–Kier alpha value is -0.650. The second-order valence-corrected chi connectivity index (χ2v) is 5.42. The molecule has 0 saturated carbocycles. The summed E-state index contributed by atoms with van der Waals surface area (Å²) in [5.74, 6) is 0.848. The average molecular weight is 255 g/mol. The number of rotatable bonds is 5. The number of ether oxygens (including phenoxy) is 1. The van der Waals surface area contributed by atoms with E-state index >= 15 is 0 Å². The summed E-state index contributed by atoms with van der Waals surface area (Å²) in [7, 11) is 0. The van der Waals surface area contributed by atoms with Crippen molar-refractivity contribution in [1.82, 2.24) is 10.2 Å². The zero-order valence-corrected chi connectivity index (χ0v) is 11.1. The number of carbonyl (C=O) groups is 1. The third kappa shape index (κ3) is 4.23. The van der Waals surface area contributed by atoms with Crippen LogP contribution in [0.1, 0.15) is 25.7 Å². The average Bonchev–Trinajstić information content (AvgIpc) is 2.78. The highest BCUT2D eigenvalue weighted by atomic mass is 16.5. The minimum Gasteiger partial charge on any atom is -0.381 e. The van der Waals surface area contributed by atoms with Gasteiger partial charge in [0.05, 0.1) is 6.54 Å². The molecular formula is C13H25N3O2. The first-order valence-corrected chi connectivity index (χ1v) is 7.07. The molecule has 2 rings (SSSR count). The van der Waals surface area contributed by atoms with Gasteiger partial charge in [0.25, 0.3) is 0 Å². The van der Waals surface area contributed by atoms with E-state index in [-0.39, 0.29) is 5.91 Å². The monoisotopic (exact) mass is 255 g/mol. The Kier molecular flexibility index (Phi) is 5.41. The van der Waals surface area contributed by atoms with Crippen LogP contribution >= 0.6 is 0 Å². The number of hydrogen-bond acceptors (Lipinski definition) is 4. The van der Waals surface area contributed by atoms with Gasteiger partial charge in [-0.1, -0.05) is 0 Å². The molecule has 0 bridgehead atoms. The number of hydrogen-bond donors (Lipinski definition) is 2. The number of likely N-dealkylation sites (tertiary alicyclic amines) is 1. The normalized spacial score (nSPS) is 26.4. The van der Waals surface area contributed by atoms with Gasteiger partial charge in [-0.2, -0.15) is 0 Å². The molecule has 5 nitrogen and oxygen atoms in total. The largest absolute Gasteiger partial charge is 0.381 e. The molecule has 1 amide bonds. The van der Waals surface area contributed by atoms with Crippen molar-refractivity contribution in [2.45, 2.75) is 31.7 Å². The molecule has 3 N–H and O–H groups in total. The van der Waals surface area contributed by atoms with Crippen LogP contribution in [0.5, 0.6) is 0 Å². The van der Waals surface area contributed by atoms with Crippen molar-refractivity contribution in [2.75, 3.05) is 39.4 Å². The summed E-state index contributed by atoms with van der Waals surface area (Å²) < 4.78 is 5.28. The fraction of sp³-hybridized carbons (Fsp3) is 0.923. The van der Waals surface area contributed by atoms with Crippen LogP contribution in [0.4, 0.5) is 0 Å². The van der Waals surface area contributed by atoms with E-state index in [0.29, 0.717) is 18.5 Å². The fourth-order valence-corrected chi connectivity index (χ4v) is 2.85. The van der Waals surface area contributed by atoms with Gasteiger partial charge < -0.3 is 15.8 Å². The van der Waals surface area contributed by atoms with Gasteiger partial charge in [-0.15, -0.1) is 0 Å². The quantitative estimate of drug-likeness (QED) is 0.723. The second-order valence-electron chi connectivity index (χ2n) is 5.42. The molecular weight excluding hydrogens is 230 g/mol. The highest BCUT2D eigenvalue weighted by molar-refractivity contribution is 5.78. The van der Waals surface area contributed by atoms with Crippen molar-refractivity contribution in [1.29, 1.82) is 0 Å². The van der Waals surface area contributed by atoms with E-state index in [2.05, 4.69) is 10.2 Å². The zero-order chi connectivity index (χ0) is 12.8. The van der Waals surface area contributed by atoms with E-state index in [9.17, 15) is 4.79 Å². The number of amides is 1. The molecule has 5 heteroatoms. The van der Waals surface area contributed by atoms with Crippen LogP contribution in [0.25, 0.3) is 0 Å². The van der Waals surface area contributed by atoms with E-state index in [0.717, 1.165) is 52.1 Å². The molecule has 2 heterocycles. The molecule has 0 aromatic carbocycles. The Labute approximate surface area is 109 Å². The molecule has 2 fully saturated rings. The predicted octanol–water partition coefficient (Wildman–Crippen LogP) is -0.0477. The lowest BCUT2D eigenvalue weighted by Gasteiger charge is -2.24. The minimum absolute atomic E-state index is 0.162. The van der Waals surface area contributed by atoms with Gasteiger partial charge in [0, 0.05) is 25.8 Å². The van der Waals surface area contributed by atoms with Crippen LogP contribution < -0.4 is 11.1 Å². The predicted molar refractivity (Wildman–Crippen MR) is 70.2 cm³/mol. The summed E-state index contributed by atoms with van der Waals surface area (Å²) in [6, 6.07) is 0.314. The number of nitrogens with two attached hydrogens (primary N) is 1. The van der Waals surface area contributed by atoms with Crippen LogP contribution in [-0.4, -0.2) is 56.2 Å². The van der Waals surface area contributed by atoms with Gasteiger partial charge in [0.15, 0.2) is 0 Å². The molecule has 0 spiro atoms. The van der Waals surface area contributed by atoms with Crippen molar-refractivity contribution in [3.05, 3.63) is 0 Å². The zero-order valence-electron chi connectivity index (χ0n) is 11.1. The van der Waals surface area contributed by atoms with E-state index < -0.39 is 0 Å². The van der Waals surface area contributed by atoms with Crippen molar-refractivity contribution in [2.24, 2.45) is 11.7 Å². The second kappa shape index (κ2) is 7.07. The summed E-state index contributed by atoms with van der Waals surface area (Å²) in [5, 5.41) is 3.11. The van der Waals surface area contributed by atoms with Crippen LogP contribution in [0.2, 0.25) is 0 Å².